The molecule has 0 radical (unpaired) electrons. The third kappa shape index (κ3) is 5.55. The van der Waals surface area contributed by atoms with Gasteiger partial charge in [-0.15, -0.1) is 11.3 Å². The molecule has 0 amide bonds. The molecule has 11 nitrogen and oxygen atoms in total. The van der Waals surface area contributed by atoms with Gasteiger partial charge in [0, 0.05) is 35.9 Å². The zero-order chi connectivity index (χ0) is 27.9. The molecule has 15 heteroatoms. The molecule has 4 heterocycles. The van der Waals surface area contributed by atoms with E-state index in [4.69, 9.17) is 8.92 Å². The van der Waals surface area contributed by atoms with Crippen LogP contribution in [0.1, 0.15) is 55.9 Å². The molecule has 39 heavy (non-hydrogen) atoms. The molecule has 0 saturated heterocycles. The Morgan fingerprint density at radius 1 is 1.28 bits per heavy atom. The van der Waals surface area contributed by atoms with Crippen LogP contribution in [-0.2, 0) is 25.1 Å². The van der Waals surface area contributed by atoms with Gasteiger partial charge in [-0.05, 0) is 37.5 Å². The zero-order valence-corrected chi connectivity index (χ0v) is 22.4. The summed E-state index contributed by atoms with van der Waals surface area (Å²) in [6, 6.07) is 4.30. The van der Waals surface area contributed by atoms with Gasteiger partial charge in [0.25, 0.3) is 0 Å². The molecule has 0 unspecified atom stereocenters. The standard InChI is InChI=1S/C24H25F2N5O6S2/c1-12-15(21-14-4-3-5-29-22(14)24(25,26)10-36-21)8-19(38-12)20(33)16-9-28-11-30-23(16)31-13-6-17(32)18(7-13)37-39(34,35)27-2/h3-5,8-9,11,13,17-18,21,27,32H,6-7,10H2,1-2H3,(H,28,30,31)/t13-,17+,18-,21-/m1/s1. The minimum Gasteiger partial charge on any atom is -0.390 e. The quantitative estimate of drug-likeness (QED) is 0.338. The first-order valence-electron chi connectivity index (χ1n) is 12.0. The highest BCUT2D eigenvalue weighted by atomic mass is 32.2. The van der Waals surface area contributed by atoms with E-state index in [1.165, 1.54) is 37.1 Å². The van der Waals surface area contributed by atoms with Gasteiger partial charge < -0.3 is 15.2 Å². The number of hydrogen-bond acceptors (Lipinski definition) is 11. The van der Waals surface area contributed by atoms with Crippen LogP contribution in [0.4, 0.5) is 14.6 Å². The second-order valence-electron chi connectivity index (χ2n) is 9.25. The number of nitrogens with one attached hydrogen (secondary N) is 2. The van der Waals surface area contributed by atoms with Crippen LogP contribution in [0.3, 0.4) is 0 Å². The maximum absolute atomic E-state index is 14.4. The van der Waals surface area contributed by atoms with Crippen LogP contribution in [-0.4, -0.2) is 66.2 Å². The van der Waals surface area contributed by atoms with Crippen molar-refractivity contribution in [3.63, 3.8) is 0 Å². The molecule has 1 saturated carbocycles. The van der Waals surface area contributed by atoms with E-state index in [1.54, 1.807) is 25.1 Å². The van der Waals surface area contributed by atoms with Gasteiger partial charge >= 0.3 is 16.2 Å². The largest absolute Gasteiger partial charge is 0.390 e. The minimum absolute atomic E-state index is 0.152. The first-order valence-corrected chi connectivity index (χ1v) is 14.2. The number of thiophene rings is 1. The number of aromatic nitrogens is 3. The van der Waals surface area contributed by atoms with Crippen molar-refractivity contribution in [2.24, 2.45) is 0 Å². The first kappa shape index (κ1) is 27.6. The number of fused-ring (bicyclic) bond motifs is 1. The van der Waals surface area contributed by atoms with Gasteiger partial charge in [0.15, 0.2) is 0 Å². The molecular formula is C24H25F2N5O6S2. The van der Waals surface area contributed by atoms with Gasteiger partial charge in [-0.3, -0.25) is 14.0 Å². The molecule has 1 aliphatic carbocycles. The molecule has 0 spiro atoms. The van der Waals surface area contributed by atoms with E-state index < -0.39 is 53.0 Å². The third-order valence-corrected chi connectivity index (χ3v) is 8.70. The number of aryl methyl sites for hydroxylation is 1. The van der Waals surface area contributed by atoms with Crippen molar-refractivity contribution < 1.29 is 36.0 Å². The van der Waals surface area contributed by atoms with Crippen molar-refractivity contribution in [1.82, 2.24) is 19.7 Å². The summed E-state index contributed by atoms with van der Waals surface area (Å²) in [5, 5.41) is 13.4. The Hall–Kier alpha value is -2.95. The van der Waals surface area contributed by atoms with Crippen LogP contribution < -0.4 is 10.0 Å². The van der Waals surface area contributed by atoms with Crippen molar-refractivity contribution in [2.75, 3.05) is 19.0 Å². The van der Waals surface area contributed by atoms with Crippen molar-refractivity contribution in [1.29, 1.82) is 0 Å². The Bertz CT molecular complexity index is 1500. The molecule has 208 valence electrons. The molecule has 5 rings (SSSR count). The summed E-state index contributed by atoms with van der Waals surface area (Å²) >= 11 is 1.19. The van der Waals surface area contributed by atoms with Crippen molar-refractivity contribution in [3.8, 4) is 0 Å². The number of ether oxygens (including phenoxy) is 1. The fourth-order valence-electron chi connectivity index (χ4n) is 4.75. The number of anilines is 1. The smallest absolute Gasteiger partial charge is 0.335 e. The molecule has 0 aromatic carbocycles. The summed E-state index contributed by atoms with van der Waals surface area (Å²) < 4.78 is 64.8. The zero-order valence-electron chi connectivity index (χ0n) is 20.8. The number of ketones is 1. The third-order valence-electron chi connectivity index (χ3n) is 6.63. The topological polar surface area (TPSA) is 153 Å². The summed E-state index contributed by atoms with van der Waals surface area (Å²) in [7, 11) is -2.80. The molecule has 2 aliphatic rings. The maximum Gasteiger partial charge on any atom is 0.335 e. The molecule has 1 aliphatic heterocycles. The van der Waals surface area contributed by atoms with Crippen LogP contribution in [0, 0.1) is 6.92 Å². The van der Waals surface area contributed by atoms with E-state index >= 15 is 0 Å². The van der Waals surface area contributed by atoms with E-state index in [0.717, 1.165) is 4.88 Å². The van der Waals surface area contributed by atoms with Gasteiger partial charge in [0.05, 0.1) is 16.5 Å². The van der Waals surface area contributed by atoms with E-state index in [0.29, 0.717) is 10.4 Å². The predicted octanol–water partition coefficient (Wildman–Crippen LogP) is 2.47. The number of rotatable bonds is 8. The first-order chi connectivity index (χ1) is 18.5. The number of carbonyl (C=O) groups is 1. The molecule has 3 aromatic rings. The molecule has 3 N–H and O–H groups in total. The van der Waals surface area contributed by atoms with Crippen LogP contribution in [0.2, 0.25) is 0 Å². The summed E-state index contributed by atoms with van der Waals surface area (Å²) in [5.41, 5.74) is 0.649. The lowest BCUT2D eigenvalue weighted by atomic mass is 9.95. The van der Waals surface area contributed by atoms with Gasteiger partial charge in [-0.1, -0.05) is 6.07 Å². The van der Waals surface area contributed by atoms with Gasteiger partial charge in [0.2, 0.25) is 5.78 Å². The monoisotopic (exact) mass is 581 g/mol. The fraction of sp³-hybridized carbons (Fsp3) is 0.417. The highest BCUT2D eigenvalue weighted by molar-refractivity contribution is 7.84. The number of pyridine rings is 1. The lowest BCUT2D eigenvalue weighted by Gasteiger charge is -2.30. The second kappa shape index (κ2) is 10.6. The maximum atomic E-state index is 14.4. The van der Waals surface area contributed by atoms with Crippen LogP contribution in [0.25, 0.3) is 0 Å². The molecule has 0 bridgehead atoms. The summed E-state index contributed by atoms with van der Waals surface area (Å²) in [6.07, 6.45) is 1.43. The van der Waals surface area contributed by atoms with Gasteiger partial charge in [0.1, 0.15) is 36.7 Å². The number of carbonyl (C=O) groups excluding carboxylic acids is 1. The SMILES string of the molecule is CNS(=O)(=O)O[C@@H]1C[C@H](Nc2ncncc2C(=O)c2cc([C@@H]3OCC(F)(F)c4ncccc43)c(C)s2)C[C@@H]1O. The van der Waals surface area contributed by atoms with Crippen molar-refractivity contribution >= 4 is 33.2 Å². The van der Waals surface area contributed by atoms with Gasteiger partial charge in [-0.25, -0.2) is 9.97 Å². The van der Waals surface area contributed by atoms with E-state index in [1.807, 2.05) is 4.72 Å². The Kier molecular flexibility index (Phi) is 7.47. The average molecular weight is 582 g/mol. The Morgan fingerprint density at radius 2 is 2.08 bits per heavy atom. The number of halogens is 2. The Morgan fingerprint density at radius 3 is 2.85 bits per heavy atom. The lowest BCUT2D eigenvalue weighted by molar-refractivity contribution is -0.119. The summed E-state index contributed by atoms with van der Waals surface area (Å²) in [4.78, 5) is 26.6. The molecule has 4 atom stereocenters. The highest BCUT2D eigenvalue weighted by Gasteiger charge is 2.44. The number of alkyl halides is 2. The summed E-state index contributed by atoms with van der Waals surface area (Å²) in [6.45, 7) is 0.956. The van der Waals surface area contributed by atoms with Crippen LogP contribution in [0.15, 0.2) is 36.9 Å². The molecular weight excluding hydrogens is 556 g/mol. The van der Waals surface area contributed by atoms with Crippen LogP contribution >= 0.6 is 11.3 Å². The molecule has 1 fully saturated rings. The lowest BCUT2D eigenvalue weighted by Crippen LogP contribution is -2.32. The van der Waals surface area contributed by atoms with Crippen LogP contribution in [0.5, 0.6) is 0 Å². The number of nitrogens with zero attached hydrogens (tertiary/aromatic N) is 3. The fourth-order valence-corrected chi connectivity index (χ4v) is 6.38. The number of hydrogen-bond donors (Lipinski definition) is 3. The van der Waals surface area contributed by atoms with E-state index in [9.17, 15) is 27.1 Å². The molecule has 3 aromatic heterocycles. The van der Waals surface area contributed by atoms with Gasteiger partial charge in [-0.2, -0.15) is 21.9 Å². The number of aliphatic hydroxyl groups excluding tert-OH is 1. The average Bonchev–Trinajstić information content (AvgIpc) is 3.45. The predicted molar refractivity (Wildman–Crippen MR) is 136 cm³/mol. The summed E-state index contributed by atoms with van der Waals surface area (Å²) in [5.74, 6) is -3.40. The highest BCUT2D eigenvalue weighted by Crippen LogP contribution is 2.44. The van der Waals surface area contributed by atoms with Crippen molar-refractivity contribution in [2.45, 2.75) is 50.0 Å². The minimum atomic E-state index is -4.00. The second-order valence-corrected chi connectivity index (χ2v) is 12.0. The van der Waals surface area contributed by atoms with Crippen molar-refractivity contribution in [3.05, 3.63) is 69.1 Å². The Labute approximate surface area is 226 Å². The normalized spacial score (nSPS) is 24.3. The van der Waals surface area contributed by atoms with E-state index in [2.05, 4.69) is 20.3 Å². The number of aliphatic hydroxyl groups is 1. The van der Waals surface area contributed by atoms with E-state index in [-0.39, 0.29) is 35.5 Å². The Balaban J connectivity index is 1.37.